The summed E-state index contributed by atoms with van der Waals surface area (Å²) < 4.78 is 5.41. The third kappa shape index (κ3) is 18.5. The van der Waals surface area contributed by atoms with Crippen molar-refractivity contribution in [1.82, 2.24) is 0 Å². The lowest BCUT2D eigenvalue weighted by atomic mass is 10.0. The molecule has 0 saturated carbocycles. The fourth-order valence-electron chi connectivity index (χ4n) is 4.50. The van der Waals surface area contributed by atoms with Gasteiger partial charge in [-0.3, -0.25) is 0 Å². The van der Waals surface area contributed by atoms with Crippen LogP contribution in [0.15, 0.2) is 24.3 Å². The van der Waals surface area contributed by atoms with E-state index in [1.807, 2.05) is 12.1 Å². The van der Waals surface area contributed by atoms with Crippen LogP contribution in [0.1, 0.15) is 141 Å². The first-order valence-corrected chi connectivity index (χ1v) is 14.2. The molecule has 32 heavy (non-hydrogen) atoms. The third-order valence-electron chi connectivity index (χ3n) is 6.60. The van der Waals surface area contributed by atoms with Crippen molar-refractivity contribution in [2.24, 2.45) is 0 Å². The SMILES string of the molecule is CCCCCCCCCCCCCCCCCCCCCCc1ccc(OCCO)cc1. The normalized spacial score (nSPS) is 11.2. The van der Waals surface area contributed by atoms with Crippen LogP contribution in [-0.4, -0.2) is 18.3 Å². The first-order chi connectivity index (χ1) is 15.9. The fraction of sp³-hybridized carbons (Fsp3) is 0.800. The van der Waals surface area contributed by atoms with Gasteiger partial charge in [0.25, 0.3) is 0 Å². The third-order valence-corrected chi connectivity index (χ3v) is 6.60. The zero-order valence-corrected chi connectivity index (χ0v) is 21.4. The quantitative estimate of drug-likeness (QED) is 0.160. The van der Waals surface area contributed by atoms with Gasteiger partial charge in [0.05, 0.1) is 6.61 Å². The van der Waals surface area contributed by atoms with Crippen molar-refractivity contribution < 1.29 is 9.84 Å². The maximum atomic E-state index is 8.79. The first kappa shape index (κ1) is 29.0. The second-order valence-corrected chi connectivity index (χ2v) is 9.68. The van der Waals surface area contributed by atoms with Gasteiger partial charge in [0.2, 0.25) is 0 Å². The predicted octanol–water partition coefficient (Wildman–Crippen LogP) is 9.42. The summed E-state index contributed by atoms with van der Waals surface area (Å²) in [5.74, 6) is 0.853. The fourth-order valence-corrected chi connectivity index (χ4v) is 4.50. The highest BCUT2D eigenvalue weighted by atomic mass is 16.5. The van der Waals surface area contributed by atoms with Crippen LogP contribution in [-0.2, 0) is 6.42 Å². The Morgan fingerprint density at radius 2 is 0.906 bits per heavy atom. The number of unbranched alkanes of at least 4 members (excludes halogenated alkanes) is 19. The molecule has 0 heterocycles. The Bertz CT molecular complexity index is 482. The van der Waals surface area contributed by atoms with Gasteiger partial charge in [0.15, 0.2) is 0 Å². The second kappa shape index (κ2) is 23.1. The van der Waals surface area contributed by atoms with Crippen LogP contribution < -0.4 is 4.74 Å². The van der Waals surface area contributed by atoms with Crippen LogP contribution in [0.25, 0.3) is 0 Å². The Hall–Kier alpha value is -1.02. The lowest BCUT2D eigenvalue weighted by molar-refractivity contribution is 0.201. The molecule has 0 atom stereocenters. The summed E-state index contributed by atoms with van der Waals surface area (Å²) in [5.41, 5.74) is 1.39. The highest BCUT2D eigenvalue weighted by Crippen LogP contribution is 2.17. The maximum absolute atomic E-state index is 8.79. The van der Waals surface area contributed by atoms with E-state index in [1.54, 1.807) is 0 Å². The van der Waals surface area contributed by atoms with Gasteiger partial charge in [-0.1, -0.05) is 141 Å². The summed E-state index contributed by atoms with van der Waals surface area (Å²) in [6, 6.07) is 8.34. The van der Waals surface area contributed by atoms with Crippen molar-refractivity contribution in [2.45, 2.75) is 142 Å². The molecule has 0 aromatic heterocycles. The van der Waals surface area contributed by atoms with Gasteiger partial charge >= 0.3 is 0 Å². The molecule has 2 nitrogen and oxygen atoms in total. The smallest absolute Gasteiger partial charge is 0.119 e. The Kier molecular flexibility index (Phi) is 21.0. The van der Waals surface area contributed by atoms with Crippen LogP contribution in [0.4, 0.5) is 0 Å². The minimum absolute atomic E-state index is 0.0706. The Balaban J connectivity index is 1.75. The highest BCUT2D eigenvalue weighted by molar-refractivity contribution is 5.27. The Labute approximate surface area is 200 Å². The van der Waals surface area contributed by atoms with E-state index >= 15 is 0 Å². The number of hydrogen-bond acceptors (Lipinski definition) is 2. The molecule has 0 saturated heterocycles. The van der Waals surface area contributed by atoms with Gasteiger partial charge < -0.3 is 9.84 Å². The summed E-state index contributed by atoms with van der Waals surface area (Å²) >= 11 is 0. The monoisotopic (exact) mass is 446 g/mol. The van der Waals surface area contributed by atoms with Crippen LogP contribution in [0.5, 0.6) is 5.75 Å². The van der Waals surface area contributed by atoms with Crippen LogP contribution >= 0.6 is 0 Å². The Morgan fingerprint density at radius 3 is 1.28 bits per heavy atom. The maximum Gasteiger partial charge on any atom is 0.119 e. The number of aliphatic hydroxyl groups is 1. The molecule has 0 fully saturated rings. The molecule has 0 amide bonds. The first-order valence-electron chi connectivity index (χ1n) is 14.2. The minimum Gasteiger partial charge on any atom is -0.491 e. The average Bonchev–Trinajstić information content (AvgIpc) is 2.82. The van der Waals surface area contributed by atoms with Crippen molar-refractivity contribution in [1.29, 1.82) is 0 Å². The van der Waals surface area contributed by atoms with Crippen molar-refractivity contribution in [3.8, 4) is 5.75 Å². The number of aliphatic hydroxyl groups excluding tert-OH is 1. The molecule has 0 aliphatic rings. The summed E-state index contributed by atoms with van der Waals surface area (Å²) in [6.07, 6.45) is 29.8. The number of aryl methyl sites for hydroxylation is 1. The van der Waals surface area contributed by atoms with E-state index in [-0.39, 0.29) is 6.61 Å². The topological polar surface area (TPSA) is 29.5 Å². The highest BCUT2D eigenvalue weighted by Gasteiger charge is 1.98. The van der Waals surface area contributed by atoms with E-state index in [4.69, 9.17) is 9.84 Å². The van der Waals surface area contributed by atoms with E-state index in [1.165, 1.54) is 140 Å². The van der Waals surface area contributed by atoms with Crippen molar-refractivity contribution in [3.05, 3.63) is 29.8 Å². The molecule has 0 spiro atoms. The standard InChI is InChI=1S/C30H54O2/c1-2-3-4-5-6-7-8-9-10-11-12-13-14-15-16-17-18-19-20-21-22-29-23-25-30(26-24-29)32-28-27-31/h23-26,31H,2-22,27-28H2,1H3. The molecular weight excluding hydrogens is 392 g/mol. The molecule has 1 rings (SSSR count). The molecule has 186 valence electrons. The average molecular weight is 447 g/mol. The van der Waals surface area contributed by atoms with Crippen molar-refractivity contribution >= 4 is 0 Å². The molecule has 1 aromatic rings. The van der Waals surface area contributed by atoms with Crippen molar-refractivity contribution in [2.75, 3.05) is 13.2 Å². The van der Waals surface area contributed by atoms with Gasteiger partial charge in [0, 0.05) is 0 Å². The number of ether oxygens (including phenoxy) is 1. The molecular formula is C30H54O2. The lowest BCUT2D eigenvalue weighted by Crippen LogP contribution is -2.01. The molecule has 1 aromatic carbocycles. The zero-order chi connectivity index (χ0) is 23.0. The molecule has 0 unspecified atom stereocenters. The van der Waals surface area contributed by atoms with Gasteiger partial charge in [-0.15, -0.1) is 0 Å². The second-order valence-electron chi connectivity index (χ2n) is 9.68. The summed E-state index contributed by atoms with van der Waals surface area (Å²) in [7, 11) is 0. The van der Waals surface area contributed by atoms with E-state index in [2.05, 4.69) is 19.1 Å². The zero-order valence-electron chi connectivity index (χ0n) is 21.4. The number of rotatable bonds is 24. The summed E-state index contributed by atoms with van der Waals surface area (Å²) in [4.78, 5) is 0. The van der Waals surface area contributed by atoms with E-state index < -0.39 is 0 Å². The van der Waals surface area contributed by atoms with E-state index in [9.17, 15) is 0 Å². The summed E-state index contributed by atoms with van der Waals surface area (Å²) in [6.45, 7) is 2.74. The van der Waals surface area contributed by atoms with Crippen LogP contribution in [0.2, 0.25) is 0 Å². The minimum atomic E-state index is 0.0706. The Morgan fingerprint density at radius 1 is 0.531 bits per heavy atom. The van der Waals surface area contributed by atoms with Crippen molar-refractivity contribution in [3.63, 3.8) is 0 Å². The molecule has 2 heteroatoms. The van der Waals surface area contributed by atoms with Gasteiger partial charge in [0.1, 0.15) is 12.4 Å². The number of benzene rings is 1. The van der Waals surface area contributed by atoms with Crippen LogP contribution in [0.3, 0.4) is 0 Å². The largest absolute Gasteiger partial charge is 0.491 e. The lowest BCUT2D eigenvalue weighted by Gasteiger charge is -2.06. The number of hydrogen-bond donors (Lipinski definition) is 1. The van der Waals surface area contributed by atoms with Crippen LogP contribution in [0, 0.1) is 0 Å². The van der Waals surface area contributed by atoms with Gasteiger partial charge in [-0.05, 0) is 30.5 Å². The molecule has 0 radical (unpaired) electrons. The molecule has 0 aliphatic carbocycles. The summed E-state index contributed by atoms with van der Waals surface area (Å²) in [5, 5.41) is 8.79. The van der Waals surface area contributed by atoms with E-state index in [0.29, 0.717) is 6.61 Å². The molecule has 1 N–H and O–H groups in total. The van der Waals surface area contributed by atoms with E-state index in [0.717, 1.165) is 5.75 Å². The van der Waals surface area contributed by atoms with Gasteiger partial charge in [-0.25, -0.2) is 0 Å². The molecule has 0 bridgehead atoms. The predicted molar refractivity (Wildman–Crippen MR) is 141 cm³/mol. The molecule has 0 aliphatic heterocycles. The van der Waals surface area contributed by atoms with Gasteiger partial charge in [-0.2, -0.15) is 0 Å².